The summed E-state index contributed by atoms with van der Waals surface area (Å²) in [5.41, 5.74) is 2.27. The van der Waals surface area contributed by atoms with Gasteiger partial charge in [0.1, 0.15) is 0 Å². The quantitative estimate of drug-likeness (QED) is 0.481. The molecular weight excluding hydrogens is 446 g/mol. The number of rotatable bonds is 7. The summed E-state index contributed by atoms with van der Waals surface area (Å²) in [6.07, 6.45) is -0.0708. The van der Waals surface area contributed by atoms with Crippen molar-refractivity contribution in [1.82, 2.24) is 9.88 Å². The maximum absolute atomic E-state index is 12.6. The molecule has 1 aliphatic heterocycles. The number of carbonyl (C=O) groups is 1. The first kappa shape index (κ1) is 24.3. The largest absolute Gasteiger partial charge is 0.417 e. The molecule has 184 valence electrons. The van der Waals surface area contributed by atoms with Crippen LogP contribution >= 0.6 is 0 Å². The molecule has 9 heteroatoms. The molecule has 2 heterocycles. The fraction of sp³-hybridized carbons (Fsp3) is 0.308. The summed E-state index contributed by atoms with van der Waals surface area (Å²) in [5.74, 6) is -0.137. The first-order valence-corrected chi connectivity index (χ1v) is 11.6. The lowest BCUT2D eigenvalue weighted by Crippen LogP contribution is -2.44. The number of aromatic amines is 1. The number of nitrogens with one attached hydrogen (secondary N) is 2. The van der Waals surface area contributed by atoms with Crippen molar-refractivity contribution < 1.29 is 14.6 Å². The standard InChI is InChI=1S/C26H31N5O4/c1-29-14-16-31(17-15-29)21-10-8-20(9-11-21)28-26(34)35-24-22(12-13-27-25(24)33)30(2)18-23(32)19-6-4-3-5-7-19/h3-13,23,32H,14-18H2,1-2H3,(H,27,33)(H,28,34). The molecular formula is C26H31N5O4. The molecule has 0 bridgehead atoms. The Kier molecular flexibility index (Phi) is 7.69. The number of benzene rings is 2. The number of hydrogen-bond donors (Lipinski definition) is 3. The van der Waals surface area contributed by atoms with Gasteiger partial charge in [0, 0.05) is 57.3 Å². The van der Waals surface area contributed by atoms with Gasteiger partial charge in [-0.15, -0.1) is 0 Å². The Morgan fingerprint density at radius 3 is 2.46 bits per heavy atom. The number of aliphatic hydroxyl groups excluding tert-OH is 1. The van der Waals surface area contributed by atoms with E-state index in [1.54, 1.807) is 18.0 Å². The number of aliphatic hydroxyl groups is 1. The maximum atomic E-state index is 12.6. The molecule has 1 saturated heterocycles. The second-order valence-corrected chi connectivity index (χ2v) is 8.68. The van der Waals surface area contributed by atoms with E-state index in [2.05, 4.69) is 27.1 Å². The van der Waals surface area contributed by atoms with Gasteiger partial charge in [-0.3, -0.25) is 10.1 Å². The summed E-state index contributed by atoms with van der Waals surface area (Å²) in [4.78, 5) is 33.9. The molecule has 0 radical (unpaired) electrons. The van der Waals surface area contributed by atoms with Crippen LogP contribution in [0.2, 0.25) is 0 Å². The van der Waals surface area contributed by atoms with E-state index in [9.17, 15) is 14.7 Å². The van der Waals surface area contributed by atoms with E-state index in [4.69, 9.17) is 4.74 Å². The van der Waals surface area contributed by atoms with Crippen molar-refractivity contribution in [3.8, 4) is 5.75 Å². The lowest BCUT2D eigenvalue weighted by Gasteiger charge is -2.34. The van der Waals surface area contributed by atoms with E-state index in [0.29, 0.717) is 11.4 Å². The van der Waals surface area contributed by atoms with E-state index in [1.165, 1.54) is 6.20 Å². The predicted octanol–water partition coefficient (Wildman–Crippen LogP) is 2.91. The molecule has 0 spiro atoms. The van der Waals surface area contributed by atoms with Gasteiger partial charge >= 0.3 is 6.09 Å². The zero-order valence-corrected chi connectivity index (χ0v) is 20.0. The van der Waals surface area contributed by atoms with Gasteiger partial charge in [0.15, 0.2) is 0 Å². The van der Waals surface area contributed by atoms with Crippen molar-refractivity contribution in [2.24, 2.45) is 0 Å². The Hall–Kier alpha value is -3.82. The van der Waals surface area contributed by atoms with Gasteiger partial charge in [0.25, 0.3) is 5.56 Å². The Morgan fingerprint density at radius 1 is 1.09 bits per heavy atom. The molecule has 0 aliphatic carbocycles. The highest BCUT2D eigenvalue weighted by molar-refractivity contribution is 5.87. The number of pyridine rings is 1. The molecule has 0 saturated carbocycles. The molecule has 2 aromatic carbocycles. The average Bonchev–Trinajstić information content (AvgIpc) is 2.86. The van der Waals surface area contributed by atoms with Crippen molar-refractivity contribution >= 4 is 23.2 Å². The number of hydrogen-bond acceptors (Lipinski definition) is 7. The predicted molar refractivity (Wildman–Crippen MR) is 138 cm³/mol. The number of carbonyl (C=O) groups excluding carboxylic acids is 1. The Balaban J connectivity index is 1.40. The van der Waals surface area contributed by atoms with Crippen molar-refractivity contribution in [2.45, 2.75) is 6.10 Å². The molecule has 9 nitrogen and oxygen atoms in total. The number of likely N-dealkylation sites (N-methyl/N-ethyl adjacent to an activating group) is 2. The molecule has 1 aliphatic rings. The highest BCUT2D eigenvalue weighted by Gasteiger charge is 2.19. The molecule has 4 rings (SSSR count). The summed E-state index contributed by atoms with van der Waals surface area (Å²) >= 11 is 0. The smallest absolute Gasteiger partial charge is 0.402 e. The lowest BCUT2D eigenvalue weighted by atomic mass is 10.1. The molecule has 1 fully saturated rings. The number of nitrogens with zero attached hydrogens (tertiary/aromatic N) is 3. The zero-order chi connectivity index (χ0) is 24.8. The van der Waals surface area contributed by atoms with Crippen LogP contribution in [-0.2, 0) is 0 Å². The van der Waals surface area contributed by atoms with Crippen LogP contribution in [0.3, 0.4) is 0 Å². The van der Waals surface area contributed by atoms with Gasteiger partial charge in [-0.05, 0) is 42.9 Å². The summed E-state index contributed by atoms with van der Waals surface area (Å²) in [5, 5.41) is 13.2. The van der Waals surface area contributed by atoms with Gasteiger partial charge in [-0.1, -0.05) is 30.3 Å². The van der Waals surface area contributed by atoms with E-state index < -0.39 is 17.8 Å². The Morgan fingerprint density at radius 2 is 1.77 bits per heavy atom. The summed E-state index contributed by atoms with van der Waals surface area (Å²) in [6.45, 7) is 4.14. The molecule has 3 aromatic rings. The number of aromatic nitrogens is 1. The Labute approximate surface area is 204 Å². The highest BCUT2D eigenvalue weighted by Crippen LogP contribution is 2.26. The summed E-state index contributed by atoms with van der Waals surface area (Å²) in [7, 11) is 3.84. The van der Waals surface area contributed by atoms with Crippen LogP contribution in [0.1, 0.15) is 11.7 Å². The highest BCUT2D eigenvalue weighted by atomic mass is 16.6. The van der Waals surface area contributed by atoms with Crippen LogP contribution in [0, 0.1) is 0 Å². The van der Waals surface area contributed by atoms with Crippen LogP contribution in [0.15, 0.2) is 71.7 Å². The number of H-pyrrole nitrogens is 1. The zero-order valence-electron chi connectivity index (χ0n) is 20.0. The van der Waals surface area contributed by atoms with Crippen molar-refractivity contribution in [1.29, 1.82) is 0 Å². The monoisotopic (exact) mass is 477 g/mol. The average molecular weight is 478 g/mol. The summed E-state index contributed by atoms with van der Waals surface area (Å²) < 4.78 is 5.41. The fourth-order valence-electron chi connectivity index (χ4n) is 4.05. The molecule has 1 amide bonds. The van der Waals surface area contributed by atoms with Gasteiger partial charge in [-0.25, -0.2) is 4.79 Å². The van der Waals surface area contributed by atoms with E-state index in [-0.39, 0.29) is 12.3 Å². The SMILES string of the molecule is CN1CCN(c2ccc(NC(=O)Oc3c(N(C)CC(O)c4ccccc4)cc[nH]c3=O)cc2)CC1. The molecule has 1 aromatic heterocycles. The van der Waals surface area contributed by atoms with Gasteiger partial charge < -0.3 is 29.5 Å². The van der Waals surface area contributed by atoms with Crippen LogP contribution in [-0.4, -0.2) is 67.9 Å². The molecule has 35 heavy (non-hydrogen) atoms. The van der Waals surface area contributed by atoms with Crippen molar-refractivity contribution in [2.75, 3.05) is 61.9 Å². The first-order valence-electron chi connectivity index (χ1n) is 11.6. The van der Waals surface area contributed by atoms with E-state index in [1.807, 2.05) is 54.6 Å². The third-order valence-electron chi connectivity index (χ3n) is 6.11. The second-order valence-electron chi connectivity index (χ2n) is 8.68. The number of anilines is 3. The minimum Gasteiger partial charge on any atom is -0.402 e. The summed E-state index contributed by atoms with van der Waals surface area (Å²) in [6, 6.07) is 18.4. The van der Waals surface area contributed by atoms with Crippen molar-refractivity contribution in [3.63, 3.8) is 0 Å². The van der Waals surface area contributed by atoms with Gasteiger partial charge in [0.05, 0.1) is 11.8 Å². The molecule has 1 unspecified atom stereocenters. The third-order valence-corrected chi connectivity index (χ3v) is 6.11. The lowest BCUT2D eigenvalue weighted by molar-refractivity contribution is 0.184. The molecule has 1 atom stereocenters. The minimum absolute atomic E-state index is 0.137. The minimum atomic E-state index is -0.777. The van der Waals surface area contributed by atoms with Crippen LogP contribution in [0.5, 0.6) is 5.75 Å². The van der Waals surface area contributed by atoms with E-state index in [0.717, 1.165) is 37.4 Å². The van der Waals surface area contributed by atoms with Gasteiger partial charge in [-0.2, -0.15) is 0 Å². The van der Waals surface area contributed by atoms with Crippen molar-refractivity contribution in [3.05, 3.63) is 82.8 Å². The maximum Gasteiger partial charge on any atom is 0.417 e. The van der Waals surface area contributed by atoms with E-state index >= 15 is 0 Å². The van der Waals surface area contributed by atoms with Crippen LogP contribution < -0.4 is 25.4 Å². The molecule has 3 N–H and O–H groups in total. The van der Waals surface area contributed by atoms with Gasteiger partial charge in [0.2, 0.25) is 5.75 Å². The normalized spacial score (nSPS) is 14.9. The first-order chi connectivity index (χ1) is 16.9. The van der Waals surface area contributed by atoms with Crippen LogP contribution in [0.4, 0.5) is 21.9 Å². The topological polar surface area (TPSA) is 101 Å². The number of amides is 1. The second kappa shape index (κ2) is 11.1. The number of ether oxygens (including phenoxy) is 1. The van der Waals surface area contributed by atoms with Crippen LogP contribution in [0.25, 0.3) is 0 Å². The Bertz CT molecular complexity index is 1170. The third kappa shape index (κ3) is 6.20. The fourth-order valence-corrected chi connectivity index (χ4v) is 4.05. The number of piperazine rings is 1.